The summed E-state index contributed by atoms with van der Waals surface area (Å²) in [6.45, 7) is 4.87. The topological polar surface area (TPSA) is 91.8 Å². The molecule has 1 aliphatic rings. The summed E-state index contributed by atoms with van der Waals surface area (Å²) in [5.74, 6) is -1.01. The molecule has 1 aliphatic heterocycles. The molecule has 1 aromatic rings. The van der Waals surface area contributed by atoms with Gasteiger partial charge >= 0.3 is 10.2 Å². The monoisotopic (exact) mass is 360 g/mol. The first-order chi connectivity index (χ1) is 10.6. The Balaban J connectivity index is 2.73. The molecule has 0 fully saturated rings. The Hall–Kier alpha value is -1.61. The van der Waals surface area contributed by atoms with Crippen molar-refractivity contribution in [2.45, 2.75) is 39.7 Å². The van der Waals surface area contributed by atoms with Crippen LogP contribution in [0.15, 0.2) is 24.3 Å². The molecule has 0 saturated heterocycles. The van der Waals surface area contributed by atoms with Gasteiger partial charge in [0, 0.05) is 6.04 Å². The lowest BCUT2D eigenvalue weighted by atomic mass is 10.1. The van der Waals surface area contributed by atoms with Crippen molar-refractivity contribution in [1.29, 1.82) is 0 Å². The van der Waals surface area contributed by atoms with Crippen molar-refractivity contribution in [2.75, 3.05) is 9.46 Å². The Bertz CT molecular complexity index is 815. The summed E-state index contributed by atoms with van der Waals surface area (Å²) in [7, 11) is -8.59. The van der Waals surface area contributed by atoms with Crippen LogP contribution in [0.4, 0.5) is 5.69 Å². The summed E-state index contributed by atoms with van der Waals surface area (Å²) in [5, 5.41) is 0. The molecule has 0 spiro atoms. The highest BCUT2D eigenvalue weighted by molar-refractivity contribution is 8.09. The van der Waals surface area contributed by atoms with Crippen LogP contribution in [0.2, 0.25) is 0 Å². The molecule has 0 N–H and O–H groups in total. The van der Waals surface area contributed by atoms with Gasteiger partial charge in [-0.2, -0.15) is 8.42 Å². The fourth-order valence-electron chi connectivity index (χ4n) is 2.45. The van der Waals surface area contributed by atoms with E-state index >= 15 is 0 Å². The lowest BCUT2D eigenvalue weighted by Gasteiger charge is -2.37. The molecular formula is C14H20N2O5S2. The SMILES string of the molecule is CCCCS(=O)(=O)N1c2ccccc2C(=O)N(C(C)C)S1(=O)=O. The third-order valence-electron chi connectivity index (χ3n) is 3.47. The Morgan fingerprint density at radius 2 is 1.78 bits per heavy atom. The smallest absolute Gasteiger partial charge is 0.268 e. The van der Waals surface area contributed by atoms with Crippen molar-refractivity contribution < 1.29 is 21.6 Å². The Morgan fingerprint density at radius 3 is 2.35 bits per heavy atom. The predicted molar refractivity (Wildman–Crippen MR) is 87.8 cm³/mol. The number of carbonyl (C=O) groups is 1. The molecule has 0 atom stereocenters. The summed E-state index contributed by atoms with van der Waals surface area (Å²) in [6, 6.07) is 5.17. The lowest BCUT2D eigenvalue weighted by molar-refractivity contribution is 0.0833. The first kappa shape index (κ1) is 17.7. The van der Waals surface area contributed by atoms with Gasteiger partial charge in [-0.25, -0.2) is 12.7 Å². The molecule has 128 valence electrons. The van der Waals surface area contributed by atoms with Crippen LogP contribution in [0, 0.1) is 0 Å². The second kappa shape index (κ2) is 6.12. The zero-order valence-corrected chi connectivity index (χ0v) is 14.9. The number of carbonyl (C=O) groups excluding carboxylic acids is 1. The van der Waals surface area contributed by atoms with Crippen molar-refractivity contribution in [3.8, 4) is 0 Å². The number of benzene rings is 1. The van der Waals surface area contributed by atoms with E-state index in [1.165, 1.54) is 32.0 Å². The normalized spacial score (nSPS) is 17.5. The van der Waals surface area contributed by atoms with Gasteiger partial charge < -0.3 is 0 Å². The third-order valence-corrected chi connectivity index (χ3v) is 7.92. The number of para-hydroxylation sites is 1. The largest absolute Gasteiger partial charge is 0.342 e. The van der Waals surface area contributed by atoms with E-state index in [1.54, 1.807) is 6.07 Å². The zero-order valence-electron chi connectivity index (χ0n) is 13.3. The average Bonchev–Trinajstić information content (AvgIpc) is 2.43. The molecule has 0 radical (unpaired) electrons. The number of anilines is 1. The van der Waals surface area contributed by atoms with E-state index < -0.39 is 32.2 Å². The molecule has 1 heterocycles. The second-order valence-electron chi connectivity index (χ2n) is 5.59. The molecule has 2 rings (SSSR count). The molecule has 0 aromatic heterocycles. The van der Waals surface area contributed by atoms with E-state index in [4.69, 9.17) is 0 Å². The maximum absolute atomic E-state index is 12.8. The van der Waals surface area contributed by atoms with Gasteiger partial charge in [-0.3, -0.25) is 4.79 Å². The first-order valence-electron chi connectivity index (χ1n) is 7.35. The highest BCUT2D eigenvalue weighted by Crippen LogP contribution is 2.35. The number of hydrogen-bond donors (Lipinski definition) is 0. The maximum Gasteiger partial charge on any atom is 0.342 e. The van der Waals surface area contributed by atoms with Crippen molar-refractivity contribution in [3.63, 3.8) is 0 Å². The van der Waals surface area contributed by atoms with Gasteiger partial charge in [0.1, 0.15) is 0 Å². The van der Waals surface area contributed by atoms with Crippen LogP contribution in [0.25, 0.3) is 0 Å². The van der Waals surface area contributed by atoms with E-state index in [0.717, 1.165) is 0 Å². The molecule has 1 amide bonds. The van der Waals surface area contributed by atoms with E-state index in [-0.39, 0.29) is 17.0 Å². The molecule has 0 saturated carbocycles. The second-order valence-corrected chi connectivity index (χ2v) is 9.41. The summed E-state index contributed by atoms with van der Waals surface area (Å²) in [5.41, 5.74) is -0.0402. The van der Waals surface area contributed by atoms with Crippen LogP contribution in [0.5, 0.6) is 0 Å². The fourth-order valence-corrected chi connectivity index (χ4v) is 6.72. The molecule has 23 heavy (non-hydrogen) atoms. The van der Waals surface area contributed by atoms with Gasteiger partial charge in [0.2, 0.25) is 10.0 Å². The Kier molecular flexibility index (Phi) is 4.72. The summed E-state index contributed by atoms with van der Waals surface area (Å²) < 4.78 is 51.8. The van der Waals surface area contributed by atoms with Crippen molar-refractivity contribution in [1.82, 2.24) is 4.31 Å². The van der Waals surface area contributed by atoms with Crippen LogP contribution in [-0.4, -0.2) is 38.8 Å². The standard InChI is InChI=1S/C14H20N2O5S2/c1-4-5-10-22(18,19)16-13-9-7-6-8-12(13)14(17)15(11(2)3)23(16,20)21/h6-9,11H,4-5,10H2,1-3H3. The average molecular weight is 360 g/mol. The van der Waals surface area contributed by atoms with Gasteiger partial charge in [-0.15, -0.1) is 3.71 Å². The molecule has 7 nitrogen and oxygen atoms in total. The molecule has 0 unspecified atom stereocenters. The van der Waals surface area contributed by atoms with E-state index in [2.05, 4.69) is 0 Å². The van der Waals surface area contributed by atoms with Crippen molar-refractivity contribution in [3.05, 3.63) is 29.8 Å². The van der Waals surface area contributed by atoms with Crippen molar-refractivity contribution >= 4 is 31.8 Å². The third kappa shape index (κ3) is 2.94. The van der Waals surface area contributed by atoms with Crippen LogP contribution in [0.3, 0.4) is 0 Å². The number of sulfonamides is 1. The molecular weight excluding hydrogens is 340 g/mol. The highest BCUT2D eigenvalue weighted by Gasteiger charge is 2.48. The van der Waals surface area contributed by atoms with Crippen LogP contribution >= 0.6 is 0 Å². The lowest BCUT2D eigenvalue weighted by Crippen LogP contribution is -2.56. The Labute approximate surface area is 137 Å². The molecule has 1 aromatic carbocycles. The van der Waals surface area contributed by atoms with Gasteiger partial charge in [-0.1, -0.05) is 25.5 Å². The number of amides is 1. The highest BCUT2D eigenvalue weighted by atomic mass is 32.3. The number of unbranched alkanes of at least 4 members (excludes halogenated alkanes) is 1. The van der Waals surface area contributed by atoms with Crippen LogP contribution in [-0.2, 0) is 20.2 Å². The minimum atomic E-state index is -4.49. The quantitative estimate of drug-likeness (QED) is 0.797. The van der Waals surface area contributed by atoms with Gasteiger partial charge in [0.25, 0.3) is 5.91 Å². The number of rotatable bonds is 5. The van der Waals surface area contributed by atoms with Gasteiger partial charge in [-0.05, 0) is 32.4 Å². The number of hydrogen-bond acceptors (Lipinski definition) is 5. The minimum Gasteiger partial charge on any atom is -0.268 e. The fraction of sp³-hybridized carbons (Fsp3) is 0.500. The van der Waals surface area contributed by atoms with Crippen molar-refractivity contribution in [2.24, 2.45) is 0 Å². The summed E-state index contributed by atoms with van der Waals surface area (Å²) in [4.78, 5) is 12.5. The van der Waals surface area contributed by atoms with Crippen LogP contribution < -0.4 is 3.71 Å². The zero-order chi connectivity index (χ0) is 17.4. The molecule has 9 heteroatoms. The Morgan fingerprint density at radius 1 is 1.17 bits per heavy atom. The minimum absolute atomic E-state index is 0.0658. The van der Waals surface area contributed by atoms with E-state index in [1.807, 2.05) is 6.92 Å². The number of fused-ring (bicyclic) bond motifs is 1. The first-order valence-corrected chi connectivity index (χ1v) is 10.4. The summed E-state index contributed by atoms with van der Waals surface area (Å²) >= 11 is 0. The van der Waals surface area contributed by atoms with Gasteiger partial charge in [0.05, 0.1) is 17.0 Å². The van der Waals surface area contributed by atoms with E-state index in [0.29, 0.717) is 20.9 Å². The molecule has 0 bridgehead atoms. The van der Waals surface area contributed by atoms with Crippen LogP contribution in [0.1, 0.15) is 44.0 Å². The predicted octanol–water partition coefficient (Wildman–Crippen LogP) is 1.73. The number of nitrogens with zero attached hydrogens (tertiary/aromatic N) is 2. The van der Waals surface area contributed by atoms with Gasteiger partial charge in [0.15, 0.2) is 0 Å². The summed E-state index contributed by atoms with van der Waals surface area (Å²) in [6.07, 6.45) is 0.952. The molecule has 0 aliphatic carbocycles. The van der Waals surface area contributed by atoms with E-state index in [9.17, 15) is 21.6 Å². The maximum atomic E-state index is 12.8.